The SMILES string of the molecule is C=CC[C@@H]1CN(C(C(=O)OCC)C(=O)OCC)C[C@H]1/C=C/COc1ccccc1. The predicted octanol–water partition coefficient (Wildman–Crippen LogP) is 3.24. The van der Waals surface area contributed by atoms with Crippen LogP contribution >= 0.6 is 0 Å². The zero-order chi connectivity index (χ0) is 21.1. The van der Waals surface area contributed by atoms with Crippen molar-refractivity contribution in [3.05, 3.63) is 55.1 Å². The number of hydrogen-bond donors (Lipinski definition) is 0. The minimum atomic E-state index is -1.03. The predicted molar refractivity (Wildman–Crippen MR) is 111 cm³/mol. The van der Waals surface area contributed by atoms with Crippen LogP contribution in [0.2, 0.25) is 0 Å². The molecule has 0 saturated carbocycles. The van der Waals surface area contributed by atoms with Crippen molar-refractivity contribution in [2.75, 3.05) is 32.9 Å². The van der Waals surface area contributed by atoms with Crippen LogP contribution in [0.15, 0.2) is 55.1 Å². The maximum Gasteiger partial charge on any atom is 0.335 e. The lowest BCUT2D eigenvalue weighted by molar-refractivity contribution is -0.163. The van der Waals surface area contributed by atoms with Crippen molar-refractivity contribution in [3.8, 4) is 5.75 Å². The highest BCUT2D eigenvalue weighted by molar-refractivity contribution is 5.99. The Hall–Kier alpha value is -2.60. The average molecular weight is 402 g/mol. The summed E-state index contributed by atoms with van der Waals surface area (Å²) < 4.78 is 16.0. The lowest BCUT2D eigenvalue weighted by atomic mass is 9.93. The van der Waals surface area contributed by atoms with E-state index < -0.39 is 18.0 Å². The van der Waals surface area contributed by atoms with Crippen LogP contribution in [0.4, 0.5) is 0 Å². The van der Waals surface area contributed by atoms with Gasteiger partial charge in [-0.15, -0.1) is 6.58 Å². The third kappa shape index (κ3) is 6.75. The van der Waals surface area contributed by atoms with E-state index in [1.54, 1.807) is 13.8 Å². The van der Waals surface area contributed by atoms with Crippen LogP contribution in [0.25, 0.3) is 0 Å². The highest BCUT2D eigenvalue weighted by Crippen LogP contribution is 2.30. The minimum absolute atomic E-state index is 0.179. The zero-order valence-corrected chi connectivity index (χ0v) is 17.3. The third-order valence-corrected chi connectivity index (χ3v) is 4.85. The second-order valence-corrected chi connectivity index (χ2v) is 6.86. The molecule has 1 aliphatic heterocycles. The van der Waals surface area contributed by atoms with E-state index in [0.29, 0.717) is 19.7 Å². The second-order valence-electron chi connectivity index (χ2n) is 6.86. The number of carbonyl (C=O) groups is 2. The van der Waals surface area contributed by atoms with Crippen molar-refractivity contribution in [1.29, 1.82) is 0 Å². The van der Waals surface area contributed by atoms with Crippen molar-refractivity contribution >= 4 is 11.9 Å². The van der Waals surface area contributed by atoms with Crippen molar-refractivity contribution in [2.45, 2.75) is 26.3 Å². The summed E-state index contributed by atoms with van der Waals surface area (Å²) in [5, 5.41) is 0. The number of rotatable bonds is 11. The molecule has 2 atom stereocenters. The highest BCUT2D eigenvalue weighted by Gasteiger charge is 2.42. The molecule has 1 aliphatic rings. The molecular formula is C23H31NO5. The van der Waals surface area contributed by atoms with Gasteiger partial charge in [-0.05, 0) is 44.2 Å². The molecule has 0 spiro atoms. The molecule has 0 aliphatic carbocycles. The molecule has 1 fully saturated rings. The lowest BCUT2D eigenvalue weighted by Gasteiger charge is -2.24. The largest absolute Gasteiger partial charge is 0.490 e. The lowest BCUT2D eigenvalue weighted by Crippen LogP contribution is -2.47. The molecule has 6 nitrogen and oxygen atoms in total. The monoisotopic (exact) mass is 401 g/mol. The fraction of sp³-hybridized carbons (Fsp3) is 0.478. The summed E-state index contributed by atoms with van der Waals surface area (Å²) >= 11 is 0. The Morgan fingerprint density at radius 3 is 2.38 bits per heavy atom. The number of likely N-dealkylation sites (tertiary alicyclic amines) is 1. The quantitative estimate of drug-likeness (QED) is 0.322. The van der Waals surface area contributed by atoms with Crippen LogP contribution in [0.1, 0.15) is 20.3 Å². The Morgan fingerprint density at radius 2 is 1.79 bits per heavy atom. The number of allylic oxidation sites excluding steroid dienone is 1. The molecule has 0 aromatic heterocycles. The third-order valence-electron chi connectivity index (χ3n) is 4.85. The summed E-state index contributed by atoms with van der Waals surface area (Å²) in [6.45, 7) is 9.37. The molecule has 0 radical (unpaired) electrons. The van der Waals surface area contributed by atoms with Gasteiger partial charge in [-0.1, -0.05) is 36.4 Å². The van der Waals surface area contributed by atoms with Crippen LogP contribution < -0.4 is 4.74 Å². The van der Waals surface area contributed by atoms with Crippen LogP contribution in [0.5, 0.6) is 5.75 Å². The first-order chi connectivity index (χ1) is 14.1. The number of carbonyl (C=O) groups excluding carboxylic acids is 2. The van der Waals surface area contributed by atoms with Gasteiger partial charge in [-0.3, -0.25) is 4.90 Å². The van der Waals surface area contributed by atoms with E-state index in [1.807, 2.05) is 47.4 Å². The summed E-state index contributed by atoms with van der Waals surface area (Å²) in [6, 6.07) is 8.60. The Balaban J connectivity index is 2.04. The molecule has 158 valence electrons. The molecule has 0 amide bonds. The van der Waals surface area contributed by atoms with Gasteiger partial charge in [0.05, 0.1) is 13.2 Å². The van der Waals surface area contributed by atoms with Crippen molar-refractivity contribution in [2.24, 2.45) is 11.8 Å². The molecule has 0 bridgehead atoms. The van der Waals surface area contributed by atoms with E-state index in [9.17, 15) is 9.59 Å². The maximum atomic E-state index is 12.4. The van der Waals surface area contributed by atoms with Crippen LogP contribution in [-0.2, 0) is 19.1 Å². The van der Waals surface area contributed by atoms with E-state index in [4.69, 9.17) is 14.2 Å². The number of esters is 2. The highest BCUT2D eigenvalue weighted by atomic mass is 16.6. The van der Waals surface area contributed by atoms with Gasteiger partial charge in [-0.2, -0.15) is 0 Å². The zero-order valence-electron chi connectivity index (χ0n) is 17.3. The van der Waals surface area contributed by atoms with Crippen molar-refractivity contribution < 1.29 is 23.8 Å². The molecule has 29 heavy (non-hydrogen) atoms. The minimum Gasteiger partial charge on any atom is -0.490 e. The molecule has 0 unspecified atom stereocenters. The summed E-state index contributed by atoms with van der Waals surface area (Å²) in [7, 11) is 0. The fourth-order valence-corrected chi connectivity index (χ4v) is 3.55. The number of nitrogens with zero attached hydrogens (tertiary/aromatic N) is 1. The topological polar surface area (TPSA) is 65.1 Å². The molecule has 1 saturated heterocycles. The van der Waals surface area contributed by atoms with E-state index in [-0.39, 0.29) is 25.0 Å². The summed E-state index contributed by atoms with van der Waals surface area (Å²) in [5.74, 6) is 0.142. The Morgan fingerprint density at radius 1 is 1.14 bits per heavy atom. The van der Waals surface area contributed by atoms with Crippen LogP contribution in [-0.4, -0.2) is 55.8 Å². The summed E-state index contributed by atoms with van der Waals surface area (Å²) in [4.78, 5) is 26.7. The van der Waals surface area contributed by atoms with Gasteiger partial charge >= 0.3 is 11.9 Å². The van der Waals surface area contributed by atoms with Crippen molar-refractivity contribution in [1.82, 2.24) is 4.90 Å². The van der Waals surface area contributed by atoms with Crippen LogP contribution in [0, 0.1) is 11.8 Å². The summed E-state index contributed by atoms with van der Waals surface area (Å²) in [5.41, 5.74) is 0. The molecule has 1 heterocycles. The average Bonchev–Trinajstić information content (AvgIpc) is 3.09. The van der Waals surface area contributed by atoms with Crippen molar-refractivity contribution in [3.63, 3.8) is 0 Å². The summed E-state index contributed by atoms with van der Waals surface area (Å²) in [6.07, 6.45) is 6.76. The van der Waals surface area contributed by atoms with Gasteiger partial charge in [0.1, 0.15) is 12.4 Å². The molecule has 1 aromatic carbocycles. The number of para-hydroxylation sites is 1. The van der Waals surface area contributed by atoms with E-state index in [2.05, 4.69) is 12.7 Å². The normalized spacial score (nSPS) is 19.4. The number of ether oxygens (including phenoxy) is 3. The van der Waals surface area contributed by atoms with Gasteiger partial charge in [0.25, 0.3) is 0 Å². The Bertz CT molecular complexity index is 670. The molecule has 1 aromatic rings. The van der Waals surface area contributed by atoms with Gasteiger partial charge in [0, 0.05) is 13.1 Å². The van der Waals surface area contributed by atoms with E-state index in [1.165, 1.54) is 0 Å². The Labute approximate surface area is 173 Å². The van der Waals surface area contributed by atoms with Gasteiger partial charge in [-0.25, -0.2) is 9.59 Å². The molecule has 2 rings (SSSR count). The van der Waals surface area contributed by atoms with Crippen LogP contribution in [0.3, 0.4) is 0 Å². The standard InChI is InChI=1S/C23H31NO5/c1-4-11-18-16-24(21(22(25)27-5-2)23(26)28-6-3)17-19(18)12-10-15-29-20-13-8-7-9-14-20/h4,7-10,12-14,18-19,21H,1,5-6,11,15-17H2,2-3H3/b12-10+/t18-,19-/m1/s1. The van der Waals surface area contributed by atoms with Gasteiger partial charge in [0.2, 0.25) is 6.04 Å². The number of hydrogen-bond acceptors (Lipinski definition) is 6. The van der Waals surface area contributed by atoms with E-state index in [0.717, 1.165) is 12.2 Å². The van der Waals surface area contributed by atoms with E-state index >= 15 is 0 Å². The molecule has 0 N–H and O–H groups in total. The Kier molecular flexibility index (Phi) is 9.44. The first-order valence-corrected chi connectivity index (χ1v) is 10.1. The number of benzene rings is 1. The molecule has 6 heteroatoms. The maximum absolute atomic E-state index is 12.4. The van der Waals surface area contributed by atoms with Gasteiger partial charge < -0.3 is 14.2 Å². The fourth-order valence-electron chi connectivity index (χ4n) is 3.55. The first kappa shape index (κ1) is 22.7. The first-order valence-electron chi connectivity index (χ1n) is 10.1. The second kappa shape index (κ2) is 12.1. The van der Waals surface area contributed by atoms with Gasteiger partial charge in [0.15, 0.2) is 0 Å². The molecular weight excluding hydrogens is 370 g/mol. The smallest absolute Gasteiger partial charge is 0.335 e.